The number of benzene rings is 1. The molecule has 0 aliphatic carbocycles. The third kappa shape index (κ3) is 3.54. The highest BCUT2D eigenvalue weighted by Gasteiger charge is 2.15. The van der Waals surface area contributed by atoms with E-state index < -0.39 is 0 Å². The van der Waals surface area contributed by atoms with Gasteiger partial charge in [-0.1, -0.05) is 12.1 Å². The average Bonchev–Trinajstić information content (AvgIpc) is 2.85. The van der Waals surface area contributed by atoms with Gasteiger partial charge in [0.05, 0.1) is 17.6 Å². The van der Waals surface area contributed by atoms with E-state index in [0.717, 1.165) is 16.0 Å². The quantitative estimate of drug-likeness (QED) is 0.812. The molecule has 22 heavy (non-hydrogen) atoms. The molecule has 1 aromatic heterocycles. The van der Waals surface area contributed by atoms with E-state index in [1.807, 2.05) is 32.0 Å². The maximum absolute atomic E-state index is 12.4. The lowest BCUT2D eigenvalue weighted by atomic mass is 10.1. The fourth-order valence-corrected chi connectivity index (χ4v) is 3.11. The number of ether oxygens (including phenoxy) is 1. The first-order chi connectivity index (χ1) is 10.4. The molecule has 4 nitrogen and oxygen atoms in total. The highest BCUT2D eigenvalue weighted by atomic mass is 32.1. The lowest BCUT2D eigenvalue weighted by Gasteiger charge is -2.16. The number of carbonyl (C=O) groups excluding carboxylic acids is 2. The van der Waals surface area contributed by atoms with Crippen LogP contribution < -0.4 is 0 Å². The zero-order valence-electron chi connectivity index (χ0n) is 13.2. The zero-order chi connectivity index (χ0) is 16.3. The van der Waals surface area contributed by atoms with Gasteiger partial charge in [0.15, 0.2) is 0 Å². The van der Waals surface area contributed by atoms with E-state index in [9.17, 15) is 9.59 Å². The Morgan fingerprint density at radius 1 is 1.18 bits per heavy atom. The van der Waals surface area contributed by atoms with Crippen LogP contribution in [-0.2, 0) is 11.3 Å². The van der Waals surface area contributed by atoms with Crippen molar-refractivity contribution in [3.8, 4) is 0 Å². The Morgan fingerprint density at radius 2 is 1.82 bits per heavy atom. The number of hydrogen-bond acceptors (Lipinski definition) is 4. The molecule has 2 rings (SSSR count). The molecule has 0 atom stereocenters. The summed E-state index contributed by atoms with van der Waals surface area (Å²) in [7, 11) is 3.13. The van der Waals surface area contributed by atoms with Gasteiger partial charge < -0.3 is 9.64 Å². The maximum atomic E-state index is 12.4. The molecule has 0 aliphatic rings. The van der Waals surface area contributed by atoms with E-state index in [4.69, 9.17) is 0 Å². The van der Waals surface area contributed by atoms with Crippen molar-refractivity contribution in [2.75, 3.05) is 14.2 Å². The van der Waals surface area contributed by atoms with Crippen molar-refractivity contribution < 1.29 is 14.3 Å². The number of thiophene rings is 1. The Bertz CT molecular complexity index is 669. The summed E-state index contributed by atoms with van der Waals surface area (Å²) in [6, 6.07) is 9.01. The Kier molecular flexibility index (Phi) is 4.98. The van der Waals surface area contributed by atoms with Crippen LogP contribution in [0.25, 0.3) is 0 Å². The SMILES string of the molecule is COC(=O)c1ccc(CN(C)C(=O)c2cc(C)c(C)s2)cc1. The van der Waals surface area contributed by atoms with Crippen LogP contribution in [0, 0.1) is 13.8 Å². The van der Waals surface area contributed by atoms with Crippen LogP contribution in [0.4, 0.5) is 0 Å². The molecule has 0 aliphatic heterocycles. The first-order valence-corrected chi connectivity index (χ1v) is 7.73. The van der Waals surface area contributed by atoms with Gasteiger partial charge in [0.1, 0.15) is 0 Å². The van der Waals surface area contributed by atoms with Crippen LogP contribution in [0.3, 0.4) is 0 Å². The number of nitrogens with zero attached hydrogens (tertiary/aromatic N) is 1. The maximum Gasteiger partial charge on any atom is 0.337 e. The Labute approximate surface area is 134 Å². The zero-order valence-corrected chi connectivity index (χ0v) is 14.0. The lowest BCUT2D eigenvalue weighted by Crippen LogP contribution is -2.25. The minimum Gasteiger partial charge on any atom is -0.465 e. The molecule has 1 aromatic carbocycles. The predicted molar refractivity (Wildman–Crippen MR) is 87.4 cm³/mol. The van der Waals surface area contributed by atoms with Gasteiger partial charge in [0, 0.05) is 18.5 Å². The molecule has 1 heterocycles. The van der Waals surface area contributed by atoms with Gasteiger partial charge in [-0.05, 0) is 43.2 Å². The number of esters is 1. The molecule has 0 saturated carbocycles. The van der Waals surface area contributed by atoms with Crippen molar-refractivity contribution in [3.63, 3.8) is 0 Å². The highest BCUT2D eigenvalue weighted by molar-refractivity contribution is 7.14. The molecule has 116 valence electrons. The minimum absolute atomic E-state index is 0.0123. The molecule has 0 fully saturated rings. The third-order valence-electron chi connectivity index (χ3n) is 3.52. The van der Waals surface area contributed by atoms with Crippen LogP contribution in [0.15, 0.2) is 30.3 Å². The van der Waals surface area contributed by atoms with Crippen LogP contribution in [0.1, 0.15) is 36.0 Å². The summed E-state index contributed by atoms with van der Waals surface area (Å²) in [6.07, 6.45) is 0. The van der Waals surface area contributed by atoms with E-state index in [1.165, 1.54) is 23.3 Å². The second-order valence-electron chi connectivity index (χ2n) is 5.20. The van der Waals surface area contributed by atoms with E-state index in [1.54, 1.807) is 24.1 Å². The fourth-order valence-electron chi connectivity index (χ4n) is 2.08. The van der Waals surface area contributed by atoms with Crippen LogP contribution >= 0.6 is 11.3 Å². The van der Waals surface area contributed by atoms with Crippen molar-refractivity contribution in [1.29, 1.82) is 0 Å². The number of carbonyl (C=O) groups is 2. The van der Waals surface area contributed by atoms with Gasteiger partial charge >= 0.3 is 5.97 Å². The van der Waals surface area contributed by atoms with Crippen molar-refractivity contribution >= 4 is 23.2 Å². The number of methoxy groups -OCH3 is 1. The van der Waals surface area contributed by atoms with Gasteiger partial charge in [-0.2, -0.15) is 0 Å². The monoisotopic (exact) mass is 317 g/mol. The van der Waals surface area contributed by atoms with Crippen molar-refractivity contribution in [2.45, 2.75) is 20.4 Å². The first-order valence-electron chi connectivity index (χ1n) is 6.92. The van der Waals surface area contributed by atoms with E-state index in [2.05, 4.69) is 4.74 Å². The van der Waals surface area contributed by atoms with Gasteiger partial charge in [-0.25, -0.2) is 4.79 Å². The molecule has 0 spiro atoms. The largest absolute Gasteiger partial charge is 0.465 e. The summed E-state index contributed by atoms with van der Waals surface area (Å²) in [6.45, 7) is 4.52. The summed E-state index contributed by atoms with van der Waals surface area (Å²) < 4.78 is 4.66. The molecule has 1 amide bonds. The molecule has 0 unspecified atom stereocenters. The second-order valence-corrected chi connectivity index (χ2v) is 6.46. The summed E-state index contributed by atoms with van der Waals surface area (Å²) in [4.78, 5) is 27.4. The molecule has 0 N–H and O–H groups in total. The van der Waals surface area contributed by atoms with Gasteiger partial charge in [-0.3, -0.25) is 4.79 Å². The fraction of sp³-hybridized carbons (Fsp3) is 0.294. The van der Waals surface area contributed by atoms with Gasteiger partial charge in [0.2, 0.25) is 0 Å². The van der Waals surface area contributed by atoms with Crippen LogP contribution in [-0.4, -0.2) is 30.9 Å². The Hall–Kier alpha value is -2.14. The number of hydrogen-bond donors (Lipinski definition) is 0. The van der Waals surface area contributed by atoms with Crippen molar-refractivity contribution in [3.05, 3.63) is 56.8 Å². The molecule has 0 saturated heterocycles. The highest BCUT2D eigenvalue weighted by Crippen LogP contribution is 2.22. The lowest BCUT2D eigenvalue weighted by molar-refractivity contribution is 0.0600. The standard InChI is InChI=1S/C17H19NO3S/c1-11-9-15(22-12(11)2)16(19)18(3)10-13-5-7-14(8-6-13)17(20)21-4/h5-9H,10H2,1-4H3. The molecule has 0 radical (unpaired) electrons. The molecule has 0 bridgehead atoms. The van der Waals surface area contributed by atoms with Crippen LogP contribution in [0.5, 0.6) is 0 Å². The number of amides is 1. The summed E-state index contributed by atoms with van der Waals surface area (Å²) in [5.41, 5.74) is 2.61. The van der Waals surface area contributed by atoms with Gasteiger partial charge in [0.25, 0.3) is 5.91 Å². The van der Waals surface area contributed by atoms with Crippen molar-refractivity contribution in [1.82, 2.24) is 4.90 Å². The van der Waals surface area contributed by atoms with Gasteiger partial charge in [-0.15, -0.1) is 11.3 Å². The topological polar surface area (TPSA) is 46.6 Å². The third-order valence-corrected chi connectivity index (χ3v) is 4.66. The predicted octanol–water partition coefficient (Wildman–Crippen LogP) is 3.42. The molecule has 5 heteroatoms. The Morgan fingerprint density at radius 3 is 2.32 bits per heavy atom. The summed E-state index contributed by atoms with van der Waals surface area (Å²) in [5.74, 6) is -0.348. The normalized spacial score (nSPS) is 10.4. The van der Waals surface area contributed by atoms with E-state index in [0.29, 0.717) is 12.1 Å². The number of rotatable bonds is 4. The Balaban J connectivity index is 2.06. The van der Waals surface area contributed by atoms with E-state index >= 15 is 0 Å². The smallest absolute Gasteiger partial charge is 0.337 e. The molecular weight excluding hydrogens is 298 g/mol. The molecule has 2 aromatic rings. The summed E-state index contributed by atoms with van der Waals surface area (Å²) >= 11 is 1.52. The first kappa shape index (κ1) is 16.2. The number of aryl methyl sites for hydroxylation is 2. The van der Waals surface area contributed by atoms with Crippen LogP contribution in [0.2, 0.25) is 0 Å². The summed E-state index contributed by atoms with van der Waals surface area (Å²) in [5, 5.41) is 0. The minimum atomic E-state index is -0.361. The second kappa shape index (κ2) is 6.75. The van der Waals surface area contributed by atoms with E-state index in [-0.39, 0.29) is 11.9 Å². The average molecular weight is 317 g/mol. The molecular formula is C17H19NO3S. The van der Waals surface area contributed by atoms with Crippen molar-refractivity contribution in [2.24, 2.45) is 0 Å².